The number of amides is 2. The molecule has 1 fully saturated rings. The van der Waals surface area contributed by atoms with Crippen LogP contribution in [0.25, 0.3) is 10.7 Å². The zero-order valence-electron chi connectivity index (χ0n) is 20.0. The maximum absolute atomic E-state index is 13.2. The zero-order valence-corrected chi connectivity index (χ0v) is 20.8. The average Bonchev–Trinajstić information content (AvgIpc) is 3.53. The van der Waals surface area contributed by atoms with Crippen molar-refractivity contribution in [3.05, 3.63) is 64.1 Å². The minimum Gasteiger partial charge on any atom is -0.344 e. The van der Waals surface area contributed by atoms with Crippen LogP contribution in [0.3, 0.4) is 0 Å². The van der Waals surface area contributed by atoms with Crippen LogP contribution in [0.15, 0.2) is 36.8 Å². The Balaban J connectivity index is 1.57. The Morgan fingerprint density at radius 3 is 2.21 bits per heavy atom. The van der Waals surface area contributed by atoms with Crippen LogP contribution in [0.1, 0.15) is 62.7 Å². The van der Waals surface area contributed by atoms with E-state index in [9.17, 15) is 35.9 Å². The third-order valence-corrected chi connectivity index (χ3v) is 6.82. The van der Waals surface area contributed by atoms with Gasteiger partial charge < -0.3 is 10.2 Å². The highest BCUT2D eigenvalue weighted by Crippen LogP contribution is 2.37. The molecule has 0 radical (unpaired) electrons. The molecule has 1 atom stereocenters. The molecule has 1 saturated carbocycles. The number of alkyl halides is 6. The molecule has 3 aromatic rings. The van der Waals surface area contributed by atoms with Gasteiger partial charge in [0.05, 0.1) is 29.1 Å². The van der Waals surface area contributed by atoms with Crippen molar-refractivity contribution in [2.45, 2.75) is 38.2 Å². The van der Waals surface area contributed by atoms with E-state index in [1.165, 1.54) is 25.5 Å². The Hall–Kier alpha value is -3.55. The van der Waals surface area contributed by atoms with Crippen molar-refractivity contribution < 1.29 is 35.9 Å². The van der Waals surface area contributed by atoms with Crippen LogP contribution in [0.5, 0.6) is 0 Å². The van der Waals surface area contributed by atoms with E-state index in [4.69, 9.17) is 0 Å². The van der Waals surface area contributed by atoms with Gasteiger partial charge >= 0.3 is 12.4 Å². The molecule has 2 aromatic heterocycles. The van der Waals surface area contributed by atoms with Crippen molar-refractivity contribution >= 4 is 23.2 Å². The first-order chi connectivity index (χ1) is 17.7. The second kappa shape index (κ2) is 10.3. The van der Waals surface area contributed by atoms with Crippen LogP contribution < -0.4 is 5.32 Å². The lowest BCUT2D eigenvalue weighted by molar-refractivity contribution is -0.143. The highest BCUT2D eigenvalue weighted by molar-refractivity contribution is 7.16. The molecular formula is C24H21F6N5O2S. The van der Waals surface area contributed by atoms with Gasteiger partial charge in [0.25, 0.3) is 11.8 Å². The fourth-order valence-corrected chi connectivity index (χ4v) is 4.62. The Kier molecular flexibility index (Phi) is 7.46. The first-order valence-corrected chi connectivity index (χ1v) is 12.2. The summed E-state index contributed by atoms with van der Waals surface area (Å²) in [7, 11) is 1.70. The van der Waals surface area contributed by atoms with Gasteiger partial charge in [0.1, 0.15) is 15.6 Å². The summed E-state index contributed by atoms with van der Waals surface area (Å²) in [4.78, 5) is 40.1. The van der Waals surface area contributed by atoms with E-state index in [1.807, 2.05) is 0 Å². The summed E-state index contributed by atoms with van der Waals surface area (Å²) in [6, 6.07) is -0.322. The summed E-state index contributed by atoms with van der Waals surface area (Å²) in [5.41, 5.74) is -3.63. The van der Waals surface area contributed by atoms with Crippen molar-refractivity contribution in [3.8, 4) is 10.7 Å². The first kappa shape index (κ1) is 27.5. The summed E-state index contributed by atoms with van der Waals surface area (Å²) in [5, 5.41) is 2.70. The van der Waals surface area contributed by atoms with Crippen molar-refractivity contribution in [2.24, 2.45) is 5.92 Å². The van der Waals surface area contributed by atoms with Gasteiger partial charge in [-0.2, -0.15) is 26.3 Å². The number of carbonyl (C=O) groups excluding carboxylic acids is 2. The van der Waals surface area contributed by atoms with Gasteiger partial charge in [-0.25, -0.2) is 4.98 Å². The first-order valence-electron chi connectivity index (χ1n) is 11.4. The molecule has 0 bridgehead atoms. The number of hydrogen-bond acceptors (Lipinski definition) is 6. The lowest BCUT2D eigenvalue weighted by Crippen LogP contribution is -2.28. The Morgan fingerprint density at radius 2 is 1.63 bits per heavy atom. The molecule has 0 saturated heterocycles. The van der Waals surface area contributed by atoms with Crippen molar-refractivity contribution in [3.63, 3.8) is 0 Å². The predicted octanol–water partition coefficient (Wildman–Crippen LogP) is 5.61. The summed E-state index contributed by atoms with van der Waals surface area (Å²) in [6.07, 6.45) is -3.95. The van der Waals surface area contributed by atoms with Gasteiger partial charge in [0.2, 0.25) is 0 Å². The largest absolute Gasteiger partial charge is 0.416 e. The maximum Gasteiger partial charge on any atom is 0.416 e. The van der Waals surface area contributed by atoms with E-state index in [0.717, 1.165) is 24.2 Å². The number of aromatic nitrogens is 3. The minimum atomic E-state index is -5.09. The van der Waals surface area contributed by atoms with Crippen molar-refractivity contribution in [1.82, 2.24) is 25.2 Å². The number of hydrogen-bond donors (Lipinski definition) is 1. The summed E-state index contributed by atoms with van der Waals surface area (Å²) < 4.78 is 79.1. The summed E-state index contributed by atoms with van der Waals surface area (Å²) in [6.45, 7) is 2.09. The average molecular weight is 558 g/mol. The van der Waals surface area contributed by atoms with Gasteiger partial charge in [-0.05, 0) is 43.9 Å². The molecule has 0 aliphatic heterocycles. The Bertz CT molecular complexity index is 1320. The van der Waals surface area contributed by atoms with Crippen LogP contribution >= 0.6 is 11.3 Å². The second-order valence-corrected chi connectivity index (χ2v) is 9.97. The van der Waals surface area contributed by atoms with E-state index < -0.39 is 41.0 Å². The maximum atomic E-state index is 13.2. The van der Waals surface area contributed by atoms with Crippen LogP contribution in [0.2, 0.25) is 0 Å². The topological polar surface area (TPSA) is 88.1 Å². The van der Waals surface area contributed by atoms with Crippen molar-refractivity contribution in [2.75, 3.05) is 13.6 Å². The summed E-state index contributed by atoms with van der Waals surface area (Å²) >= 11 is 1.06. The normalized spacial score (nSPS) is 14.7. The third-order valence-electron chi connectivity index (χ3n) is 5.83. The van der Waals surface area contributed by atoms with E-state index in [1.54, 1.807) is 11.9 Å². The van der Waals surface area contributed by atoms with E-state index >= 15 is 0 Å². The number of benzene rings is 1. The number of halogens is 6. The highest BCUT2D eigenvalue weighted by atomic mass is 32.1. The molecule has 2 amide bonds. The van der Waals surface area contributed by atoms with Crippen molar-refractivity contribution in [1.29, 1.82) is 0 Å². The van der Waals surface area contributed by atoms with Crippen LogP contribution in [-0.2, 0) is 12.4 Å². The molecule has 7 nitrogen and oxygen atoms in total. The molecule has 0 spiro atoms. The van der Waals surface area contributed by atoms with Gasteiger partial charge in [-0.3, -0.25) is 19.6 Å². The molecular weight excluding hydrogens is 536 g/mol. The Morgan fingerprint density at radius 1 is 1.03 bits per heavy atom. The molecule has 1 N–H and O–H groups in total. The van der Waals surface area contributed by atoms with Gasteiger partial charge in [0.15, 0.2) is 0 Å². The molecule has 14 heteroatoms. The molecule has 202 valence electrons. The smallest absolute Gasteiger partial charge is 0.344 e. The molecule has 1 aliphatic rings. The predicted molar refractivity (Wildman–Crippen MR) is 125 cm³/mol. The fraction of sp³-hybridized carbons (Fsp3) is 0.375. The number of carbonyl (C=O) groups is 2. The molecule has 0 unspecified atom stereocenters. The van der Waals surface area contributed by atoms with E-state index in [0.29, 0.717) is 34.5 Å². The van der Waals surface area contributed by atoms with Crippen LogP contribution in [-0.4, -0.2) is 45.3 Å². The van der Waals surface area contributed by atoms with Crippen LogP contribution in [0, 0.1) is 5.92 Å². The highest BCUT2D eigenvalue weighted by Gasteiger charge is 2.37. The summed E-state index contributed by atoms with van der Waals surface area (Å²) in [5.74, 6) is -0.878. The number of rotatable bonds is 7. The van der Waals surface area contributed by atoms with Crippen LogP contribution in [0.4, 0.5) is 26.3 Å². The molecule has 4 rings (SSSR count). The third kappa shape index (κ3) is 6.29. The lowest BCUT2D eigenvalue weighted by Gasteiger charge is -2.17. The van der Waals surface area contributed by atoms with E-state index in [2.05, 4.69) is 20.3 Å². The zero-order chi connectivity index (χ0) is 27.8. The standard InChI is InChI=1S/C24H21F6N5O2S/c1-12(34-20(36)14-7-15(23(25,26)27)9-16(8-14)24(28,29)30)18-19(32-6-5-31-18)21-33-10-17(38-21)22(37)35(2)11-13-3-4-13/h5-10,12-13H,3-4,11H2,1-2H3,(H,34,36)/t12-/m1/s1. The molecule has 1 aliphatic carbocycles. The monoisotopic (exact) mass is 557 g/mol. The lowest BCUT2D eigenvalue weighted by atomic mass is 10.0. The van der Waals surface area contributed by atoms with Gasteiger partial charge in [0, 0.05) is 31.5 Å². The number of thiazole rings is 1. The number of nitrogens with zero attached hydrogens (tertiary/aromatic N) is 4. The fourth-order valence-electron chi connectivity index (χ4n) is 3.71. The van der Waals surface area contributed by atoms with Gasteiger partial charge in [-0.1, -0.05) is 0 Å². The Labute approximate surface area is 216 Å². The molecule has 38 heavy (non-hydrogen) atoms. The second-order valence-electron chi connectivity index (χ2n) is 8.94. The minimum absolute atomic E-state index is 0.0512. The molecule has 1 aromatic carbocycles. The quantitative estimate of drug-likeness (QED) is 0.382. The van der Waals surface area contributed by atoms with Gasteiger partial charge in [-0.15, -0.1) is 11.3 Å². The molecule has 2 heterocycles. The van der Waals surface area contributed by atoms with E-state index in [-0.39, 0.29) is 23.4 Å². The SMILES string of the molecule is C[C@@H](NC(=O)c1cc(C(F)(F)F)cc(C(F)(F)F)c1)c1nccnc1-c1ncc(C(=O)N(C)CC2CC2)s1. The number of nitrogens with one attached hydrogen (secondary N) is 1.